The van der Waals surface area contributed by atoms with Gasteiger partial charge in [-0.05, 0) is 48.5 Å². The van der Waals surface area contributed by atoms with Crippen LogP contribution in [0, 0.1) is 0 Å². The van der Waals surface area contributed by atoms with Gasteiger partial charge in [0.15, 0.2) is 0 Å². The average molecular weight is 398 g/mol. The Balaban J connectivity index is 1.85. The van der Waals surface area contributed by atoms with Crippen LogP contribution in [-0.2, 0) is 0 Å². The first kappa shape index (κ1) is 18.8. The van der Waals surface area contributed by atoms with Gasteiger partial charge in [0.2, 0.25) is 16.1 Å². The lowest BCUT2D eigenvalue weighted by Gasteiger charge is -2.21. The zero-order chi connectivity index (χ0) is 19.2. The van der Waals surface area contributed by atoms with Gasteiger partial charge in [0.05, 0.1) is 0 Å². The van der Waals surface area contributed by atoms with Crippen molar-refractivity contribution in [2.24, 2.45) is 0 Å². The Kier molecular flexibility index (Phi) is 6.07. The fourth-order valence-electron chi connectivity index (χ4n) is 3.20. The normalized spacial score (nSPS) is 10.9. The Morgan fingerprint density at radius 3 is 0.821 bits per heavy atom. The van der Waals surface area contributed by atoms with Crippen molar-refractivity contribution in [3.8, 4) is 0 Å². The second kappa shape index (κ2) is 9.07. The number of rotatable bonds is 6. The average Bonchev–Trinajstić information content (AvgIpc) is 2.77. The third-order valence-corrected chi connectivity index (χ3v) is 9.61. The third kappa shape index (κ3) is 4.12. The smallest absolute Gasteiger partial charge is 0.198 e. The predicted molar refractivity (Wildman–Crippen MR) is 126 cm³/mol. The van der Waals surface area contributed by atoms with Gasteiger partial charge in [0.1, 0.15) is 6.72 Å². The Hall–Kier alpha value is -2.59. The van der Waals surface area contributed by atoms with Crippen molar-refractivity contribution in [1.82, 2.24) is 0 Å². The molecule has 0 spiro atoms. The molecule has 28 heavy (non-hydrogen) atoms. The van der Waals surface area contributed by atoms with Crippen molar-refractivity contribution in [2.75, 3.05) is 0 Å². The minimum absolute atomic E-state index is 0.748. The van der Waals surface area contributed by atoms with E-state index in [4.69, 9.17) is 0 Å². The summed E-state index contributed by atoms with van der Waals surface area (Å²) in [5.74, 6) is 0. The minimum atomic E-state index is -0.748. The van der Waals surface area contributed by atoms with Crippen LogP contribution in [-0.4, -0.2) is 10.8 Å². The van der Waals surface area contributed by atoms with E-state index in [0.29, 0.717) is 0 Å². The van der Waals surface area contributed by atoms with Crippen LogP contribution >= 0.6 is 16.1 Å². The molecule has 0 bridgehead atoms. The van der Waals surface area contributed by atoms with E-state index in [1.807, 2.05) is 0 Å². The Bertz CT molecular complexity index is 855. The van der Waals surface area contributed by atoms with Crippen molar-refractivity contribution in [3.05, 3.63) is 121 Å². The molecule has 0 aliphatic carbocycles. The van der Waals surface area contributed by atoms with Crippen LogP contribution in [0.15, 0.2) is 121 Å². The van der Waals surface area contributed by atoms with E-state index in [-0.39, 0.29) is 0 Å². The van der Waals surface area contributed by atoms with Gasteiger partial charge >= 0.3 is 0 Å². The molecule has 0 radical (unpaired) electrons. The second-order valence-electron chi connectivity index (χ2n) is 6.34. The highest BCUT2D eigenvalue weighted by Gasteiger charge is 2.35. The lowest BCUT2D eigenvalue weighted by Crippen LogP contribution is -2.25. The molecule has 0 aliphatic heterocycles. The Labute approximate surface area is 169 Å². The topological polar surface area (TPSA) is 3.01 Å². The number of nitrogens with zero attached hydrogens (tertiary/aromatic N) is 1. The first-order chi connectivity index (χ1) is 13.8. The number of hydrogen-bond acceptors (Lipinski definition) is 0. The van der Waals surface area contributed by atoms with Crippen LogP contribution in [0.5, 0.6) is 0 Å². The van der Waals surface area contributed by atoms with E-state index in [1.165, 1.54) is 21.2 Å². The van der Waals surface area contributed by atoms with Gasteiger partial charge in [-0.15, -0.1) is 0 Å². The SMILES string of the molecule is C=[N+](P(c1ccccc1)c1ccccc1)P(c1ccccc1)c1ccccc1. The first-order valence-corrected chi connectivity index (χ1v) is 11.8. The molecule has 4 rings (SSSR count). The molecule has 0 aromatic heterocycles. The summed E-state index contributed by atoms with van der Waals surface area (Å²) in [6.45, 7) is 4.64. The van der Waals surface area contributed by atoms with E-state index >= 15 is 0 Å². The summed E-state index contributed by atoms with van der Waals surface area (Å²) in [7, 11) is -1.50. The molecule has 0 N–H and O–H groups in total. The van der Waals surface area contributed by atoms with Crippen molar-refractivity contribution >= 4 is 44.1 Å². The molecule has 0 saturated carbocycles. The molecule has 0 fully saturated rings. The highest BCUT2D eigenvalue weighted by atomic mass is 31.2. The lowest BCUT2D eigenvalue weighted by atomic mass is 10.4. The largest absolute Gasteiger partial charge is 0.246 e. The quantitative estimate of drug-likeness (QED) is 0.324. The molecule has 4 aromatic rings. The summed E-state index contributed by atoms with van der Waals surface area (Å²) < 4.78 is 2.36. The maximum Gasteiger partial charge on any atom is 0.246 e. The van der Waals surface area contributed by atoms with Gasteiger partial charge in [0.25, 0.3) is 0 Å². The molecular weight excluding hydrogens is 376 g/mol. The van der Waals surface area contributed by atoms with Crippen LogP contribution in [0.1, 0.15) is 0 Å². The van der Waals surface area contributed by atoms with Crippen molar-refractivity contribution in [3.63, 3.8) is 0 Å². The highest BCUT2D eigenvalue weighted by Crippen LogP contribution is 2.49. The fourth-order valence-corrected chi connectivity index (χ4v) is 8.63. The Morgan fingerprint density at radius 2 is 0.607 bits per heavy atom. The van der Waals surface area contributed by atoms with Crippen LogP contribution in [0.3, 0.4) is 0 Å². The van der Waals surface area contributed by atoms with Gasteiger partial charge in [0, 0.05) is 21.2 Å². The van der Waals surface area contributed by atoms with Gasteiger partial charge in [-0.3, -0.25) is 0 Å². The third-order valence-electron chi connectivity index (χ3n) is 4.46. The summed E-state index contributed by atoms with van der Waals surface area (Å²) in [5.41, 5.74) is 0. The predicted octanol–water partition coefficient (Wildman–Crippen LogP) is 4.80. The zero-order valence-electron chi connectivity index (χ0n) is 15.6. The molecular formula is C25H22NP2+. The lowest BCUT2D eigenvalue weighted by molar-refractivity contribution is -0.143. The summed E-state index contributed by atoms with van der Waals surface area (Å²) >= 11 is 0. The monoisotopic (exact) mass is 398 g/mol. The maximum atomic E-state index is 4.64. The van der Waals surface area contributed by atoms with Gasteiger partial charge in [-0.25, -0.2) is 0 Å². The fraction of sp³-hybridized carbons (Fsp3) is 0. The van der Waals surface area contributed by atoms with E-state index in [9.17, 15) is 0 Å². The van der Waals surface area contributed by atoms with Gasteiger partial charge < -0.3 is 0 Å². The van der Waals surface area contributed by atoms with E-state index < -0.39 is 16.1 Å². The summed E-state index contributed by atoms with van der Waals surface area (Å²) in [6.07, 6.45) is 0. The second-order valence-corrected chi connectivity index (χ2v) is 10.9. The highest BCUT2D eigenvalue weighted by molar-refractivity contribution is 7.78. The minimum Gasteiger partial charge on any atom is -0.198 e. The van der Waals surface area contributed by atoms with Crippen LogP contribution in [0.2, 0.25) is 0 Å². The standard InChI is InChI=1S/C25H22NP2/c1-26(27(22-14-6-2-7-15-22)23-16-8-3-9-17-23)28(24-18-10-4-11-19-24)25-20-12-5-13-21-25/h2-21H,1H2/q+1. The molecule has 136 valence electrons. The summed E-state index contributed by atoms with van der Waals surface area (Å²) in [5, 5.41) is 5.27. The molecule has 0 saturated heterocycles. The molecule has 0 atom stereocenters. The van der Waals surface area contributed by atoms with Crippen LogP contribution < -0.4 is 21.2 Å². The number of hydrogen-bond donors (Lipinski definition) is 0. The van der Waals surface area contributed by atoms with Gasteiger partial charge in [-0.1, -0.05) is 72.8 Å². The van der Waals surface area contributed by atoms with Crippen molar-refractivity contribution in [2.45, 2.75) is 0 Å². The van der Waals surface area contributed by atoms with E-state index in [0.717, 1.165) is 0 Å². The van der Waals surface area contributed by atoms with Crippen LogP contribution in [0.25, 0.3) is 0 Å². The molecule has 0 aliphatic rings. The maximum absolute atomic E-state index is 4.64. The molecule has 3 heteroatoms. The molecule has 4 aromatic carbocycles. The molecule has 0 amide bonds. The zero-order valence-corrected chi connectivity index (χ0v) is 17.4. The van der Waals surface area contributed by atoms with E-state index in [2.05, 4.69) is 132 Å². The van der Waals surface area contributed by atoms with Crippen LogP contribution in [0.4, 0.5) is 0 Å². The first-order valence-electron chi connectivity index (χ1n) is 9.25. The summed E-state index contributed by atoms with van der Waals surface area (Å²) in [4.78, 5) is 0. The number of benzene rings is 4. The Morgan fingerprint density at radius 1 is 0.393 bits per heavy atom. The molecule has 0 unspecified atom stereocenters. The van der Waals surface area contributed by atoms with Crippen molar-refractivity contribution < 1.29 is 4.12 Å². The molecule has 0 heterocycles. The van der Waals surface area contributed by atoms with Gasteiger partial charge in [-0.2, -0.15) is 4.12 Å². The summed E-state index contributed by atoms with van der Waals surface area (Å²) in [6, 6.07) is 43.0. The van der Waals surface area contributed by atoms with E-state index in [1.54, 1.807) is 0 Å². The molecule has 1 nitrogen and oxygen atoms in total. The van der Waals surface area contributed by atoms with Crippen molar-refractivity contribution in [1.29, 1.82) is 0 Å².